The average Bonchev–Trinajstić information content (AvgIpc) is 2.85. The summed E-state index contributed by atoms with van der Waals surface area (Å²) < 4.78 is 33.3. The SMILES string of the molecule is CCOC(=O)c1ccccc1S(=O)(=O)N1C(C)=N[C@]2(C)CCCC[C@H]12. The van der Waals surface area contributed by atoms with E-state index in [1.807, 2.05) is 6.92 Å². The van der Waals surface area contributed by atoms with Gasteiger partial charge in [0.2, 0.25) is 0 Å². The van der Waals surface area contributed by atoms with Crippen LogP contribution in [0.4, 0.5) is 0 Å². The van der Waals surface area contributed by atoms with Crippen molar-refractivity contribution in [3.8, 4) is 0 Å². The molecule has 25 heavy (non-hydrogen) atoms. The van der Waals surface area contributed by atoms with Crippen LogP contribution in [0.1, 0.15) is 56.8 Å². The van der Waals surface area contributed by atoms with Crippen LogP contribution in [0.2, 0.25) is 0 Å². The number of amidine groups is 1. The zero-order valence-corrected chi connectivity index (χ0v) is 15.7. The molecule has 0 unspecified atom stereocenters. The predicted octanol–water partition coefficient (Wildman–Crippen LogP) is 2.99. The summed E-state index contributed by atoms with van der Waals surface area (Å²) in [4.78, 5) is 16.9. The fraction of sp³-hybridized carbons (Fsp3) is 0.556. The molecule has 1 aliphatic carbocycles. The second kappa shape index (κ2) is 6.44. The number of esters is 1. The number of hydrogen-bond acceptors (Lipinski definition) is 5. The molecule has 1 saturated carbocycles. The summed E-state index contributed by atoms with van der Waals surface area (Å²) in [5.41, 5.74) is -0.310. The van der Waals surface area contributed by atoms with Gasteiger partial charge in [-0.2, -0.15) is 0 Å². The Labute approximate surface area is 148 Å². The summed E-state index contributed by atoms with van der Waals surface area (Å²) >= 11 is 0. The van der Waals surface area contributed by atoms with Crippen LogP contribution >= 0.6 is 0 Å². The predicted molar refractivity (Wildman–Crippen MR) is 95.2 cm³/mol. The highest BCUT2D eigenvalue weighted by Gasteiger charge is 2.50. The van der Waals surface area contributed by atoms with Crippen molar-refractivity contribution in [1.29, 1.82) is 0 Å². The van der Waals surface area contributed by atoms with Crippen LogP contribution in [0.25, 0.3) is 0 Å². The third-order valence-electron chi connectivity index (χ3n) is 5.07. The molecule has 3 rings (SSSR count). The van der Waals surface area contributed by atoms with Crippen LogP contribution in [-0.4, -0.2) is 42.7 Å². The Bertz CT molecular complexity index is 818. The van der Waals surface area contributed by atoms with Crippen LogP contribution in [0, 0.1) is 0 Å². The van der Waals surface area contributed by atoms with E-state index in [9.17, 15) is 13.2 Å². The van der Waals surface area contributed by atoms with Gasteiger partial charge in [0.25, 0.3) is 10.0 Å². The number of rotatable bonds is 4. The molecular weight excluding hydrogens is 340 g/mol. The van der Waals surface area contributed by atoms with Gasteiger partial charge in [0.05, 0.1) is 23.8 Å². The lowest BCUT2D eigenvalue weighted by Crippen LogP contribution is -2.49. The van der Waals surface area contributed by atoms with Gasteiger partial charge in [0.1, 0.15) is 10.7 Å². The number of fused-ring (bicyclic) bond motifs is 1. The zero-order chi connectivity index (χ0) is 18.2. The lowest BCUT2D eigenvalue weighted by atomic mass is 9.80. The first-order valence-electron chi connectivity index (χ1n) is 8.68. The van der Waals surface area contributed by atoms with E-state index in [1.165, 1.54) is 16.4 Å². The van der Waals surface area contributed by atoms with Gasteiger partial charge >= 0.3 is 5.97 Å². The lowest BCUT2D eigenvalue weighted by molar-refractivity contribution is 0.0521. The molecule has 6 nitrogen and oxygen atoms in total. The monoisotopic (exact) mass is 364 g/mol. The first kappa shape index (κ1) is 17.9. The minimum Gasteiger partial charge on any atom is -0.462 e. The number of ether oxygens (including phenoxy) is 1. The third-order valence-corrected chi connectivity index (χ3v) is 7.02. The molecule has 0 spiro atoms. The van der Waals surface area contributed by atoms with Crippen LogP contribution in [0.15, 0.2) is 34.2 Å². The summed E-state index contributed by atoms with van der Waals surface area (Å²) in [6.07, 6.45) is 3.68. The van der Waals surface area contributed by atoms with E-state index < -0.39 is 16.0 Å². The highest BCUT2D eigenvalue weighted by atomic mass is 32.2. The highest BCUT2D eigenvalue weighted by Crippen LogP contribution is 2.42. The minimum absolute atomic E-state index is 0.0159. The molecule has 136 valence electrons. The first-order chi connectivity index (χ1) is 11.8. The molecule has 2 atom stereocenters. The van der Waals surface area contributed by atoms with E-state index in [0.29, 0.717) is 5.84 Å². The van der Waals surface area contributed by atoms with Gasteiger partial charge in [-0.05, 0) is 45.7 Å². The van der Waals surface area contributed by atoms with E-state index in [2.05, 4.69) is 4.99 Å². The van der Waals surface area contributed by atoms with Crippen LogP contribution < -0.4 is 0 Å². The van der Waals surface area contributed by atoms with Gasteiger partial charge in [0, 0.05) is 0 Å². The van der Waals surface area contributed by atoms with E-state index in [4.69, 9.17) is 4.74 Å². The van der Waals surface area contributed by atoms with Crippen LogP contribution in [-0.2, 0) is 14.8 Å². The van der Waals surface area contributed by atoms with Gasteiger partial charge in [-0.3, -0.25) is 4.99 Å². The Kier molecular flexibility index (Phi) is 4.62. The van der Waals surface area contributed by atoms with E-state index in [0.717, 1.165) is 25.7 Å². The first-order valence-corrected chi connectivity index (χ1v) is 10.1. The molecule has 1 aromatic rings. The molecule has 1 fully saturated rings. The molecule has 0 radical (unpaired) electrons. The quantitative estimate of drug-likeness (QED) is 0.770. The number of nitrogens with zero attached hydrogens (tertiary/aromatic N) is 2. The number of carbonyl (C=O) groups excluding carboxylic acids is 1. The fourth-order valence-corrected chi connectivity index (χ4v) is 5.91. The lowest BCUT2D eigenvalue weighted by Gasteiger charge is -2.38. The number of sulfonamides is 1. The topological polar surface area (TPSA) is 76.0 Å². The van der Waals surface area contributed by atoms with Crippen LogP contribution in [0.3, 0.4) is 0 Å². The van der Waals surface area contributed by atoms with Crippen molar-refractivity contribution in [2.24, 2.45) is 4.99 Å². The molecule has 0 amide bonds. The molecule has 0 bridgehead atoms. The zero-order valence-electron chi connectivity index (χ0n) is 14.9. The van der Waals surface area contributed by atoms with Crippen molar-refractivity contribution in [2.75, 3.05) is 6.61 Å². The largest absolute Gasteiger partial charge is 0.462 e. The Balaban J connectivity index is 2.06. The standard InChI is InChI=1S/C18H24N2O4S/c1-4-24-17(21)14-9-5-6-10-15(14)25(22,23)20-13(2)19-18(3)12-8-7-11-16(18)20/h5-6,9-10,16H,4,7-8,11-12H2,1-3H3/t16-,18+/m0/s1. The highest BCUT2D eigenvalue weighted by molar-refractivity contribution is 7.89. The third kappa shape index (κ3) is 2.94. The van der Waals surface area contributed by atoms with Gasteiger partial charge in [0.15, 0.2) is 0 Å². The second-order valence-corrected chi connectivity index (χ2v) is 8.58. The molecule has 2 aliphatic rings. The van der Waals surface area contributed by atoms with E-state index in [1.54, 1.807) is 26.0 Å². The maximum atomic E-state index is 13.4. The molecule has 0 N–H and O–H groups in total. The molecule has 1 aliphatic heterocycles. The molecule has 7 heteroatoms. The van der Waals surface area contributed by atoms with Crippen molar-refractivity contribution in [1.82, 2.24) is 4.31 Å². The normalized spacial score (nSPS) is 26.1. The van der Waals surface area contributed by atoms with Crippen molar-refractivity contribution < 1.29 is 17.9 Å². The number of aliphatic imine (C=N–C) groups is 1. The van der Waals surface area contributed by atoms with Crippen LogP contribution in [0.5, 0.6) is 0 Å². The summed E-state index contributed by atoms with van der Waals surface area (Å²) in [6.45, 7) is 5.64. The van der Waals surface area contributed by atoms with Gasteiger partial charge in [-0.15, -0.1) is 0 Å². The molecule has 1 heterocycles. The summed E-state index contributed by atoms with van der Waals surface area (Å²) in [6, 6.07) is 6.03. The molecular formula is C18H24N2O4S. The van der Waals surface area contributed by atoms with Gasteiger partial charge in [-0.1, -0.05) is 25.0 Å². The Morgan fingerprint density at radius 1 is 1.36 bits per heavy atom. The summed E-state index contributed by atoms with van der Waals surface area (Å²) in [5, 5.41) is 0. The van der Waals surface area contributed by atoms with Crippen molar-refractivity contribution in [2.45, 2.75) is 62.9 Å². The Morgan fingerprint density at radius 2 is 2.08 bits per heavy atom. The van der Waals surface area contributed by atoms with Gasteiger partial charge < -0.3 is 4.74 Å². The summed E-state index contributed by atoms with van der Waals surface area (Å²) in [5.74, 6) is -0.130. The van der Waals surface area contributed by atoms with Crippen molar-refractivity contribution in [3.63, 3.8) is 0 Å². The summed E-state index contributed by atoms with van der Waals surface area (Å²) in [7, 11) is -3.89. The minimum atomic E-state index is -3.89. The Hall–Kier alpha value is -1.89. The van der Waals surface area contributed by atoms with E-state index in [-0.39, 0.29) is 28.6 Å². The molecule has 0 saturated heterocycles. The second-order valence-electron chi connectivity index (χ2n) is 6.80. The maximum absolute atomic E-state index is 13.4. The Morgan fingerprint density at radius 3 is 2.80 bits per heavy atom. The fourth-order valence-electron chi connectivity index (χ4n) is 3.96. The maximum Gasteiger partial charge on any atom is 0.339 e. The van der Waals surface area contributed by atoms with Crippen molar-refractivity contribution in [3.05, 3.63) is 29.8 Å². The molecule has 1 aromatic carbocycles. The molecule has 0 aromatic heterocycles. The van der Waals surface area contributed by atoms with Crippen molar-refractivity contribution >= 4 is 21.8 Å². The number of hydrogen-bond donors (Lipinski definition) is 0. The van der Waals surface area contributed by atoms with Gasteiger partial charge in [-0.25, -0.2) is 17.5 Å². The smallest absolute Gasteiger partial charge is 0.339 e. The van der Waals surface area contributed by atoms with E-state index >= 15 is 0 Å². The number of carbonyl (C=O) groups is 1. The number of benzene rings is 1. The average molecular weight is 364 g/mol.